The van der Waals surface area contributed by atoms with Crippen molar-refractivity contribution in [1.29, 1.82) is 0 Å². The van der Waals surface area contributed by atoms with Crippen LogP contribution in [-0.4, -0.2) is 25.8 Å². The lowest BCUT2D eigenvalue weighted by Gasteiger charge is -2.17. The number of halogens is 3. The molecule has 0 fully saturated rings. The first-order valence-corrected chi connectivity index (χ1v) is 9.55. The first-order valence-electron chi connectivity index (χ1n) is 8.07. The van der Waals surface area contributed by atoms with Gasteiger partial charge >= 0.3 is 21.5 Å². The third kappa shape index (κ3) is 4.80. The van der Waals surface area contributed by atoms with E-state index in [4.69, 9.17) is 4.74 Å². The van der Waals surface area contributed by atoms with Gasteiger partial charge < -0.3 is 4.74 Å². The van der Waals surface area contributed by atoms with Crippen LogP contribution in [0.25, 0.3) is 10.8 Å². The van der Waals surface area contributed by atoms with Crippen molar-refractivity contribution >= 4 is 32.7 Å². The Hall–Kier alpha value is -2.62. The van der Waals surface area contributed by atoms with Crippen molar-refractivity contribution in [3.8, 4) is 5.75 Å². The molecule has 0 radical (unpaired) electrons. The highest BCUT2D eigenvalue weighted by Crippen LogP contribution is 2.30. The van der Waals surface area contributed by atoms with Gasteiger partial charge in [0.25, 0.3) is 0 Å². The van der Waals surface area contributed by atoms with Gasteiger partial charge in [-0.15, -0.1) is 0 Å². The van der Waals surface area contributed by atoms with Crippen LogP contribution in [0.2, 0.25) is 0 Å². The van der Waals surface area contributed by atoms with E-state index in [-0.39, 0.29) is 11.3 Å². The molecular formula is C18H18F3NO5S. The zero-order chi connectivity index (χ0) is 21.3. The third-order valence-electron chi connectivity index (χ3n) is 3.69. The van der Waals surface area contributed by atoms with Gasteiger partial charge in [-0.2, -0.15) is 21.6 Å². The van der Waals surface area contributed by atoms with E-state index < -0.39 is 39.2 Å². The molecule has 0 spiro atoms. The Balaban J connectivity index is 2.34. The van der Waals surface area contributed by atoms with Crippen LogP contribution in [0.5, 0.6) is 5.75 Å². The lowest BCUT2D eigenvalue weighted by Crippen LogP contribution is -2.40. The van der Waals surface area contributed by atoms with Gasteiger partial charge in [0.15, 0.2) is 0 Å². The SMILES string of the molecule is CC(C)(C)C(=O)Oc1cccc2c(CC(=O)NS(=O)(=O)C(F)(F)F)cccc12. The van der Waals surface area contributed by atoms with Crippen LogP contribution in [0.15, 0.2) is 36.4 Å². The monoisotopic (exact) mass is 417 g/mol. The van der Waals surface area contributed by atoms with Crippen molar-refractivity contribution in [2.75, 3.05) is 0 Å². The van der Waals surface area contributed by atoms with Gasteiger partial charge in [-0.25, -0.2) is 4.72 Å². The maximum atomic E-state index is 12.4. The zero-order valence-corrected chi connectivity index (χ0v) is 16.1. The van der Waals surface area contributed by atoms with E-state index in [1.165, 1.54) is 12.1 Å². The first kappa shape index (κ1) is 21.7. The molecule has 2 aromatic carbocycles. The van der Waals surface area contributed by atoms with Crippen LogP contribution in [0.1, 0.15) is 26.3 Å². The van der Waals surface area contributed by atoms with Crippen LogP contribution < -0.4 is 9.46 Å². The number of rotatable bonds is 4. The molecular weight excluding hydrogens is 399 g/mol. The number of carbonyl (C=O) groups is 2. The second kappa shape index (κ2) is 7.42. The number of esters is 1. The van der Waals surface area contributed by atoms with Crippen molar-refractivity contribution < 1.29 is 35.9 Å². The van der Waals surface area contributed by atoms with E-state index in [0.717, 1.165) is 4.72 Å². The second-order valence-corrected chi connectivity index (χ2v) is 8.73. The molecule has 0 heterocycles. The fourth-order valence-corrected chi connectivity index (χ4v) is 2.75. The maximum Gasteiger partial charge on any atom is 0.516 e. The first-order chi connectivity index (χ1) is 12.7. The minimum atomic E-state index is -5.78. The summed E-state index contributed by atoms with van der Waals surface area (Å²) in [6, 6.07) is 9.31. The van der Waals surface area contributed by atoms with Crippen molar-refractivity contribution in [3.05, 3.63) is 42.0 Å². The molecule has 152 valence electrons. The van der Waals surface area contributed by atoms with E-state index in [1.54, 1.807) is 45.0 Å². The number of sulfonamides is 1. The van der Waals surface area contributed by atoms with E-state index in [9.17, 15) is 31.2 Å². The molecule has 0 aliphatic heterocycles. The number of amides is 1. The molecule has 2 rings (SSSR count). The molecule has 0 unspecified atom stereocenters. The van der Waals surface area contributed by atoms with Crippen molar-refractivity contribution in [1.82, 2.24) is 4.72 Å². The van der Waals surface area contributed by atoms with Gasteiger partial charge in [-0.3, -0.25) is 9.59 Å². The molecule has 0 saturated carbocycles. The average molecular weight is 417 g/mol. The Kier molecular flexibility index (Phi) is 5.74. The number of nitrogens with one attached hydrogen (secondary N) is 1. The minimum absolute atomic E-state index is 0.225. The molecule has 6 nitrogen and oxygen atoms in total. The lowest BCUT2D eigenvalue weighted by molar-refractivity contribution is -0.142. The predicted octanol–water partition coefficient (Wildman–Crippen LogP) is 3.30. The molecule has 28 heavy (non-hydrogen) atoms. The van der Waals surface area contributed by atoms with E-state index in [1.807, 2.05) is 0 Å². The molecule has 1 N–H and O–H groups in total. The second-order valence-electron chi connectivity index (χ2n) is 7.06. The van der Waals surface area contributed by atoms with Crippen LogP contribution in [-0.2, 0) is 26.0 Å². The summed E-state index contributed by atoms with van der Waals surface area (Å²) in [5.74, 6) is -1.59. The predicted molar refractivity (Wildman–Crippen MR) is 95.9 cm³/mol. The number of benzene rings is 2. The number of carbonyl (C=O) groups excluding carboxylic acids is 2. The third-order valence-corrected chi connectivity index (χ3v) is 4.80. The van der Waals surface area contributed by atoms with E-state index in [0.29, 0.717) is 10.8 Å². The molecule has 0 aliphatic carbocycles. The molecule has 2 aromatic rings. The van der Waals surface area contributed by atoms with Gasteiger partial charge in [0.2, 0.25) is 5.91 Å². The fraction of sp³-hybridized carbons (Fsp3) is 0.333. The summed E-state index contributed by atoms with van der Waals surface area (Å²) in [4.78, 5) is 24.0. The Labute approximate surface area is 159 Å². The average Bonchev–Trinajstić information content (AvgIpc) is 2.53. The topological polar surface area (TPSA) is 89.5 Å². The number of fused-ring (bicyclic) bond motifs is 1. The molecule has 1 amide bonds. The molecule has 0 aliphatic rings. The summed E-state index contributed by atoms with van der Waals surface area (Å²) in [6.07, 6.45) is -0.608. The Bertz CT molecular complexity index is 1020. The normalized spacial score (nSPS) is 12.6. The largest absolute Gasteiger partial charge is 0.516 e. The van der Waals surface area contributed by atoms with Crippen LogP contribution in [0, 0.1) is 5.41 Å². The Morgan fingerprint density at radius 3 is 2.14 bits per heavy atom. The van der Waals surface area contributed by atoms with Crippen molar-refractivity contribution in [3.63, 3.8) is 0 Å². The number of alkyl halides is 3. The highest BCUT2D eigenvalue weighted by Gasteiger charge is 2.46. The summed E-state index contributed by atoms with van der Waals surface area (Å²) < 4.78 is 65.7. The van der Waals surface area contributed by atoms with Crippen molar-refractivity contribution in [2.45, 2.75) is 32.7 Å². The van der Waals surface area contributed by atoms with Crippen LogP contribution >= 0.6 is 0 Å². The van der Waals surface area contributed by atoms with E-state index >= 15 is 0 Å². The van der Waals surface area contributed by atoms with Gasteiger partial charge in [0.1, 0.15) is 5.75 Å². The Morgan fingerprint density at radius 1 is 1.00 bits per heavy atom. The number of hydrogen-bond acceptors (Lipinski definition) is 5. The van der Waals surface area contributed by atoms with Gasteiger partial charge in [0, 0.05) is 5.39 Å². The molecule has 10 heteroatoms. The quantitative estimate of drug-likeness (QED) is 0.609. The smallest absolute Gasteiger partial charge is 0.425 e. The zero-order valence-electron chi connectivity index (χ0n) is 15.3. The summed E-state index contributed by atoms with van der Waals surface area (Å²) in [5.41, 5.74) is -6.07. The summed E-state index contributed by atoms with van der Waals surface area (Å²) in [5, 5.41) is 0.908. The summed E-state index contributed by atoms with van der Waals surface area (Å²) >= 11 is 0. The standard InChI is InChI=1S/C18H18F3NO5S/c1-17(2,3)16(24)27-14-9-5-7-12-11(6-4-8-13(12)14)10-15(23)22-28(25,26)18(19,20)21/h4-9H,10H2,1-3H3,(H,22,23). The summed E-state index contributed by atoms with van der Waals surface area (Å²) in [6.45, 7) is 5.03. The van der Waals surface area contributed by atoms with Gasteiger partial charge in [-0.05, 0) is 37.8 Å². The lowest BCUT2D eigenvalue weighted by atomic mass is 9.97. The Morgan fingerprint density at radius 2 is 1.57 bits per heavy atom. The van der Waals surface area contributed by atoms with Gasteiger partial charge in [0.05, 0.1) is 11.8 Å². The highest BCUT2D eigenvalue weighted by molar-refractivity contribution is 7.90. The molecule has 0 aromatic heterocycles. The van der Waals surface area contributed by atoms with Gasteiger partial charge in [-0.1, -0.05) is 30.3 Å². The number of ether oxygens (including phenoxy) is 1. The van der Waals surface area contributed by atoms with E-state index in [2.05, 4.69) is 0 Å². The molecule has 0 bridgehead atoms. The minimum Gasteiger partial charge on any atom is -0.425 e. The summed E-state index contributed by atoms with van der Waals surface area (Å²) in [7, 11) is -5.78. The van der Waals surface area contributed by atoms with Crippen LogP contribution in [0.4, 0.5) is 13.2 Å². The van der Waals surface area contributed by atoms with Crippen LogP contribution in [0.3, 0.4) is 0 Å². The maximum absolute atomic E-state index is 12.4. The highest BCUT2D eigenvalue weighted by atomic mass is 32.2. The number of hydrogen-bond donors (Lipinski definition) is 1. The molecule has 0 saturated heterocycles. The molecule has 0 atom stereocenters. The fourth-order valence-electron chi connectivity index (χ4n) is 2.26. The van der Waals surface area contributed by atoms with Crippen molar-refractivity contribution in [2.24, 2.45) is 5.41 Å².